The maximum atomic E-state index is 13.6. The van der Waals surface area contributed by atoms with Crippen LogP contribution < -0.4 is 14.5 Å². The minimum absolute atomic E-state index is 0.106. The molecule has 1 unspecified atom stereocenters. The number of esters is 1. The molecule has 48 heavy (non-hydrogen) atoms. The zero-order chi connectivity index (χ0) is 35.7. The van der Waals surface area contributed by atoms with Gasteiger partial charge >= 0.3 is 12.1 Å². The number of aryl methyl sites for hydroxylation is 1. The summed E-state index contributed by atoms with van der Waals surface area (Å²) in [6, 6.07) is 14.9. The van der Waals surface area contributed by atoms with E-state index in [0.717, 1.165) is 41.8 Å². The summed E-state index contributed by atoms with van der Waals surface area (Å²) in [6.45, 7) is 12.1. The molecule has 0 spiro atoms. The van der Waals surface area contributed by atoms with E-state index in [1.165, 1.54) is 17.8 Å². The van der Waals surface area contributed by atoms with Crippen molar-refractivity contribution in [1.29, 1.82) is 0 Å². The number of carbonyl (C=O) groups excluding carboxylic acids is 2. The van der Waals surface area contributed by atoms with Gasteiger partial charge in [-0.15, -0.1) is 0 Å². The summed E-state index contributed by atoms with van der Waals surface area (Å²) in [4.78, 5) is 38.3. The van der Waals surface area contributed by atoms with Crippen LogP contribution in [0.1, 0.15) is 90.6 Å². The van der Waals surface area contributed by atoms with Gasteiger partial charge < -0.3 is 14.4 Å². The van der Waals surface area contributed by atoms with E-state index in [9.17, 15) is 18.0 Å². The molecule has 0 fully saturated rings. The summed E-state index contributed by atoms with van der Waals surface area (Å²) in [6.07, 6.45) is 5.16. The Morgan fingerprint density at radius 3 is 2.23 bits per heavy atom. The van der Waals surface area contributed by atoms with Crippen molar-refractivity contribution in [2.45, 2.75) is 103 Å². The third kappa shape index (κ3) is 11.9. The predicted molar refractivity (Wildman–Crippen MR) is 189 cm³/mol. The smallest absolute Gasteiger partial charge is 0.416 e. The largest absolute Gasteiger partial charge is 0.459 e. The fourth-order valence-electron chi connectivity index (χ4n) is 4.97. The monoisotopic (exact) mass is 681 g/mol. The molecule has 1 amide bonds. The van der Waals surface area contributed by atoms with Crippen LogP contribution in [-0.2, 0) is 37.1 Å². The molecule has 262 valence electrons. The number of rotatable bonds is 14. The first-order valence-electron chi connectivity index (χ1n) is 16.3. The maximum absolute atomic E-state index is 13.6. The lowest BCUT2D eigenvalue weighted by Gasteiger charge is -2.28. The Hall–Kier alpha value is -4.03. The molecule has 2 heterocycles. The second-order valence-electron chi connectivity index (χ2n) is 13.9. The molecule has 0 aliphatic heterocycles. The molecule has 1 atom stereocenters. The average Bonchev–Trinajstić information content (AvgIpc) is 2.99. The third-order valence-electron chi connectivity index (χ3n) is 7.04. The fraction of sp³-hybridized carbons (Fsp3) is 0.500. The highest BCUT2D eigenvalue weighted by atomic mass is 32.2. The normalized spacial score (nSPS) is 12.7. The molecule has 0 saturated heterocycles. The average molecular weight is 682 g/mol. The third-order valence-corrected chi connectivity index (χ3v) is 8.43. The van der Waals surface area contributed by atoms with Crippen molar-refractivity contribution in [1.82, 2.24) is 14.7 Å². The van der Waals surface area contributed by atoms with E-state index in [1.54, 1.807) is 71.9 Å². The molecular weight excluding hydrogens is 630 g/mol. The number of pyridine rings is 2. The first-order valence-corrected chi connectivity index (χ1v) is 17.8. The number of unbranched alkanes of at least 4 members (excludes halogenated alkanes) is 2. The highest BCUT2D eigenvalue weighted by molar-refractivity contribution is 7.89. The number of benzene rings is 1. The van der Waals surface area contributed by atoms with E-state index in [2.05, 4.69) is 33.7 Å². The van der Waals surface area contributed by atoms with Crippen LogP contribution in [0.2, 0.25) is 0 Å². The summed E-state index contributed by atoms with van der Waals surface area (Å²) in [5.74, 6) is -0.543. The molecule has 2 aromatic heterocycles. The minimum Gasteiger partial charge on any atom is -0.459 e. The van der Waals surface area contributed by atoms with Crippen LogP contribution in [0.4, 0.5) is 16.3 Å². The Morgan fingerprint density at radius 2 is 1.62 bits per heavy atom. The van der Waals surface area contributed by atoms with Crippen molar-refractivity contribution in [2.75, 3.05) is 30.4 Å². The molecule has 1 aromatic carbocycles. The van der Waals surface area contributed by atoms with Crippen molar-refractivity contribution >= 4 is 33.6 Å². The van der Waals surface area contributed by atoms with Gasteiger partial charge in [-0.05, 0) is 102 Å². The van der Waals surface area contributed by atoms with Crippen LogP contribution in [0.25, 0.3) is 0 Å². The predicted octanol–water partition coefficient (Wildman–Crippen LogP) is 6.62. The second-order valence-corrected chi connectivity index (χ2v) is 15.6. The molecular formula is C36H51N5O6S. The van der Waals surface area contributed by atoms with Gasteiger partial charge in [0.25, 0.3) is 10.0 Å². The van der Waals surface area contributed by atoms with Gasteiger partial charge in [0.1, 0.15) is 23.6 Å². The number of amides is 1. The SMILES string of the molecule is CCCCCc1ccc(CC(NS(=O)(=O)c2ccccn2)c2cccc(N(CC(=O)OC(C)(C)C)C(=O)OC(C)(C)C)n2)cc1N(C)C. The number of anilines is 2. The highest BCUT2D eigenvalue weighted by Crippen LogP contribution is 2.28. The molecule has 0 aliphatic rings. The van der Waals surface area contributed by atoms with Crippen molar-refractivity contribution in [2.24, 2.45) is 0 Å². The zero-order valence-electron chi connectivity index (χ0n) is 29.7. The van der Waals surface area contributed by atoms with Gasteiger partial charge in [-0.2, -0.15) is 0 Å². The summed E-state index contributed by atoms with van der Waals surface area (Å²) >= 11 is 0. The minimum atomic E-state index is -4.08. The topological polar surface area (TPSA) is 131 Å². The van der Waals surface area contributed by atoms with Gasteiger partial charge in [-0.3, -0.25) is 9.69 Å². The van der Waals surface area contributed by atoms with Gasteiger partial charge in [0.15, 0.2) is 5.03 Å². The molecule has 3 aromatic rings. The number of ether oxygens (including phenoxy) is 2. The fourth-order valence-corrected chi connectivity index (χ4v) is 6.13. The van der Waals surface area contributed by atoms with Gasteiger partial charge in [0, 0.05) is 26.0 Å². The lowest BCUT2D eigenvalue weighted by atomic mass is 9.98. The Kier molecular flexibility index (Phi) is 13.1. The first-order chi connectivity index (χ1) is 22.4. The van der Waals surface area contributed by atoms with Crippen molar-refractivity contribution in [3.8, 4) is 0 Å². The van der Waals surface area contributed by atoms with Crippen LogP contribution in [-0.4, -0.2) is 62.3 Å². The quantitative estimate of drug-likeness (QED) is 0.147. The summed E-state index contributed by atoms with van der Waals surface area (Å²) < 4.78 is 41.1. The second kappa shape index (κ2) is 16.4. The van der Waals surface area contributed by atoms with E-state index in [4.69, 9.17) is 14.5 Å². The standard InChI is InChI=1S/C36H51N5O6S/c1-10-11-12-16-27-21-20-26(24-30(27)40(8)9)23-29(39-48(44,45)32-19-13-14-22-37-32)28-17-15-18-31(38-28)41(34(43)47-36(5,6)7)25-33(42)46-35(2,3)4/h13-15,17-22,24,29,39H,10-12,16,23,25H2,1-9H3. The Balaban J connectivity index is 2.08. The lowest BCUT2D eigenvalue weighted by molar-refractivity contribution is -0.153. The zero-order valence-corrected chi connectivity index (χ0v) is 30.6. The van der Waals surface area contributed by atoms with Crippen LogP contribution in [0.15, 0.2) is 65.8 Å². The van der Waals surface area contributed by atoms with E-state index in [1.807, 2.05) is 20.2 Å². The number of aromatic nitrogens is 2. The lowest BCUT2D eigenvalue weighted by Crippen LogP contribution is -2.42. The Bertz CT molecular complexity index is 1630. The molecule has 1 N–H and O–H groups in total. The molecule has 0 radical (unpaired) electrons. The first kappa shape index (κ1) is 38.4. The maximum Gasteiger partial charge on any atom is 0.416 e. The highest BCUT2D eigenvalue weighted by Gasteiger charge is 2.30. The summed E-state index contributed by atoms with van der Waals surface area (Å²) in [5, 5.41) is -0.133. The van der Waals surface area contributed by atoms with Gasteiger partial charge in [0.05, 0.1) is 11.7 Å². The van der Waals surface area contributed by atoms with Gasteiger partial charge in [-0.1, -0.05) is 44.0 Å². The number of nitrogens with zero attached hydrogens (tertiary/aromatic N) is 4. The van der Waals surface area contributed by atoms with Gasteiger partial charge in [-0.25, -0.2) is 27.9 Å². The number of nitrogens with one attached hydrogen (secondary N) is 1. The van der Waals surface area contributed by atoms with Crippen LogP contribution in [0.5, 0.6) is 0 Å². The van der Waals surface area contributed by atoms with E-state index in [-0.39, 0.29) is 17.3 Å². The molecule has 3 rings (SSSR count). The number of hydrogen-bond acceptors (Lipinski definition) is 9. The summed E-state index contributed by atoms with van der Waals surface area (Å²) in [7, 11) is -0.0995. The van der Waals surface area contributed by atoms with E-state index < -0.39 is 45.9 Å². The van der Waals surface area contributed by atoms with Crippen LogP contribution >= 0.6 is 0 Å². The van der Waals surface area contributed by atoms with Crippen molar-refractivity contribution in [3.63, 3.8) is 0 Å². The molecule has 0 saturated carbocycles. The molecule has 12 heteroatoms. The Morgan fingerprint density at radius 1 is 0.917 bits per heavy atom. The van der Waals surface area contributed by atoms with E-state index >= 15 is 0 Å². The van der Waals surface area contributed by atoms with Crippen molar-refractivity contribution in [3.05, 3.63) is 77.6 Å². The number of carbonyl (C=O) groups is 2. The molecule has 0 aliphatic carbocycles. The van der Waals surface area contributed by atoms with E-state index in [0.29, 0.717) is 5.69 Å². The molecule has 0 bridgehead atoms. The van der Waals surface area contributed by atoms with Gasteiger partial charge in [0.2, 0.25) is 0 Å². The summed E-state index contributed by atoms with van der Waals surface area (Å²) in [5.41, 5.74) is 1.87. The number of sulfonamides is 1. The van der Waals surface area contributed by atoms with Crippen molar-refractivity contribution < 1.29 is 27.5 Å². The number of hydrogen-bond donors (Lipinski definition) is 1. The van der Waals surface area contributed by atoms with Crippen LogP contribution in [0.3, 0.4) is 0 Å². The Labute approximate surface area is 286 Å². The molecule has 11 nitrogen and oxygen atoms in total. The van der Waals surface area contributed by atoms with Crippen LogP contribution in [0, 0.1) is 0 Å².